The summed E-state index contributed by atoms with van der Waals surface area (Å²) in [5.74, 6) is -1.06. The molecule has 0 spiro atoms. The molecular weight excluding hydrogens is 338 g/mol. The number of halogens is 1. The summed E-state index contributed by atoms with van der Waals surface area (Å²) in [6.07, 6.45) is 4.72. The van der Waals surface area contributed by atoms with Crippen LogP contribution in [0, 0.1) is 0 Å². The molecule has 2 N–H and O–H groups in total. The Balaban J connectivity index is 2.13. The van der Waals surface area contributed by atoms with Crippen molar-refractivity contribution < 1.29 is 18.3 Å². The molecule has 2 rings (SSSR count). The third-order valence-corrected chi connectivity index (χ3v) is 5.65. The smallest absolute Gasteiger partial charge is 0.304 e. The highest BCUT2D eigenvalue weighted by Gasteiger charge is 2.30. The number of carboxylic acid groups (broad SMARTS) is 1. The molecule has 1 aromatic rings. The van der Waals surface area contributed by atoms with Gasteiger partial charge in [-0.2, -0.15) is 0 Å². The Kier molecular flexibility index (Phi) is 5.29. The molecule has 0 amide bonds. The van der Waals surface area contributed by atoms with Crippen LogP contribution in [0.3, 0.4) is 0 Å². The van der Waals surface area contributed by atoms with Crippen LogP contribution in [0.5, 0.6) is 0 Å². The number of nitrogens with one attached hydrogen (secondary N) is 1. The number of rotatable bonds is 6. The summed E-state index contributed by atoms with van der Waals surface area (Å²) < 4.78 is 26.9. The third-order valence-electron chi connectivity index (χ3n) is 3.51. The summed E-state index contributed by atoms with van der Waals surface area (Å²) in [6, 6.07) is 8.71. The molecule has 124 valence electrons. The highest BCUT2D eigenvalue weighted by molar-refractivity contribution is 7.93. The molecule has 0 saturated carbocycles. The SMILES string of the molecule is CC(CC(=O)O)NS(=O)(=O)C1=CCC(Cl)(c2ccccc2)C=C1. The van der Waals surface area contributed by atoms with Crippen molar-refractivity contribution in [2.75, 3.05) is 0 Å². The van der Waals surface area contributed by atoms with Gasteiger partial charge in [0.05, 0.1) is 16.2 Å². The quantitative estimate of drug-likeness (QED) is 0.768. The zero-order valence-electron chi connectivity index (χ0n) is 12.6. The van der Waals surface area contributed by atoms with Gasteiger partial charge in [-0.25, -0.2) is 13.1 Å². The normalized spacial score (nSPS) is 22.4. The standard InChI is InChI=1S/C16H18ClNO4S/c1-12(11-15(19)20)18-23(21,22)14-7-9-16(17,10-8-14)13-5-3-2-4-6-13/h2-9,12,18H,10-11H2,1H3,(H,19,20). The summed E-state index contributed by atoms with van der Waals surface area (Å²) in [5, 5.41) is 8.70. The first-order valence-electron chi connectivity index (χ1n) is 7.11. The lowest BCUT2D eigenvalue weighted by atomic mass is 9.91. The number of hydrogen-bond donors (Lipinski definition) is 2. The summed E-state index contributed by atoms with van der Waals surface area (Å²) in [4.78, 5) is 9.96. The van der Waals surface area contributed by atoms with E-state index in [4.69, 9.17) is 16.7 Å². The average Bonchev–Trinajstić information content (AvgIpc) is 2.47. The molecule has 0 aromatic heterocycles. The van der Waals surface area contributed by atoms with Gasteiger partial charge >= 0.3 is 5.97 Å². The molecule has 2 atom stereocenters. The van der Waals surface area contributed by atoms with E-state index in [1.54, 1.807) is 12.2 Å². The van der Waals surface area contributed by atoms with Gasteiger partial charge in [0.1, 0.15) is 0 Å². The second-order valence-electron chi connectivity index (χ2n) is 5.49. The van der Waals surface area contributed by atoms with E-state index in [9.17, 15) is 13.2 Å². The minimum absolute atomic E-state index is 0.0990. The first kappa shape index (κ1) is 17.7. The highest BCUT2D eigenvalue weighted by atomic mass is 35.5. The monoisotopic (exact) mass is 355 g/mol. The molecule has 0 bridgehead atoms. The summed E-state index contributed by atoms with van der Waals surface area (Å²) in [7, 11) is -3.76. The van der Waals surface area contributed by atoms with Crippen molar-refractivity contribution in [3.63, 3.8) is 0 Å². The van der Waals surface area contributed by atoms with Crippen molar-refractivity contribution in [1.29, 1.82) is 0 Å². The average molecular weight is 356 g/mol. The van der Waals surface area contributed by atoms with Crippen LogP contribution in [0.4, 0.5) is 0 Å². The van der Waals surface area contributed by atoms with E-state index in [1.807, 2.05) is 30.3 Å². The predicted molar refractivity (Wildman–Crippen MR) is 89.6 cm³/mol. The number of aliphatic carboxylic acids is 1. The topological polar surface area (TPSA) is 83.5 Å². The summed E-state index contributed by atoms with van der Waals surface area (Å²) in [6.45, 7) is 1.51. The number of sulfonamides is 1. The minimum atomic E-state index is -3.76. The molecule has 2 unspecified atom stereocenters. The van der Waals surface area contributed by atoms with Crippen LogP contribution in [0.2, 0.25) is 0 Å². The van der Waals surface area contributed by atoms with Gasteiger partial charge in [0.15, 0.2) is 0 Å². The maximum atomic E-state index is 12.3. The van der Waals surface area contributed by atoms with Crippen LogP contribution in [-0.2, 0) is 19.7 Å². The molecular formula is C16H18ClNO4S. The second-order valence-corrected chi connectivity index (χ2v) is 7.88. The van der Waals surface area contributed by atoms with Crippen LogP contribution in [0.1, 0.15) is 25.3 Å². The molecule has 7 heteroatoms. The minimum Gasteiger partial charge on any atom is -0.481 e. The molecule has 5 nitrogen and oxygen atoms in total. The Bertz CT molecular complexity index is 743. The van der Waals surface area contributed by atoms with Crippen LogP contribution >= 0.6 is 11.6 Å². The molecule has 1 aromatic carbocycles. The summed E-state index contributed by atoms with van der Waals surface area (Å²) in [5.41, 5.74) is 0.887. The van der Waals surface area contributed by atoms with Crippen molar-refractivity contribution in [2.24, 2.45) is 0 Å². The fourth-order valence-corrected chi connectivity index (χ4v) is 3.93. The first-order valence-corrected chi connectivity index (χ1v) is 8.97. The Hall–Kier alpha value is -1.63. The first-order chi connectivity index (χ1) is 10.7. The number of benzene rings is 1. The fraction of sp³-hybridized carbons (Fsp3) is 0.312. The number of alkyl halides is 1. The maximum Gasteiger partial charge on any atom is 0.304 e. The Morgan fingerprint density at radius 2 is 2.04 bits per heavy atom. The van der Waals surface area contributed by atoms with Gasteiger partial charge < -0.3 is 5.11 Å². The van der Waals surface area contributed by atoms with Crippen LogP contribution < -0.4 is 4.72 Å². The summed E-state index contributed by atoms with van der Waals surface area (Å²) >= 11 is 6.57. The molecule has 0 radical (unpaired) electrons. The number of carbonyl (C=O) groups is 1. The predicted octanol–water partition coefficient (Wildman–Crippen LogP) is 2.75. The van der Waals surface area contributed by atoms with Crippen molar-refractivity contribution in [3.8, 4) is 0 Å². The lowest BCUT2D eigenvalue weighted by molar-refractivity contribution is -0.137. The molecule has 23 heavy (non-hydrogen) atoms. The Morgan fingerprint density at radius 3 is 2.57 bits per heavy atom. The van der Waals surface area contributed by atoms with E-state index < -0.39 is 26.9 Å². The Labute approximate surface area is 140 Å². The molecule has 0 aliphatic heterocycles. The zero-order valence-corrected chi connectivity index (χ0v) is 14.1. The molecule has 0 saturated heterocycles. The van der Waals surface area contributed by atoms with E-state index >= 15 is 0 Å². The van der Waals surface area contributed by atoms with Gasteiger partial charge in [0.25, 0.3) is 0 Å². The van der Waals surface area contributed by atoms with Crippen LogP contribution in [0.25, 0.3) is 0 Å². The van der Waals surface area contributed by atoms with Gasteiger partial charge in [-0.15, -0.1) is 11.6 Å². The number of carboxylic acids is 1. The third kappa shape index (κ3) is 4.43. The van der Waals surface area contributed by atoms with E-state index in [1.165, 1.54) is 13.0 Å². The molecule has 0 heterocycles. The second kappa shape index (κ2) is 6.86. The van der Waals surface area contributed by atoms with E-state index in [2.05, 4.69) is 4.72 Å². The molecule has 0 fully saturated rings. The van der Waals surface area contributed by atoms with Crippen LogP contribution in [0.15, 0.2) is 53.5 Å². The Morgan fingerprint density at radius 1 is 1.39 bits per heavy atom. The lowest BCUT2D eigenvalue weighted by Gasteiger charge is -2.26. The van der Waals surface area contributed by atoms with E-state index in [0.717, 1.165) is 5.56 Å². The van der Waals surface area contributed by atoms with Gasteiger partial charge in [-0.3, -0.25) is 4.79 Å². The largest absolute Gasteiger partial charge is 0.481 e. The molecule has 1 aliphatic carbocycles. The van der Waals surface area contributed by atoms with Gasteiger partial charge in [-0.1, -0.05) is 42.5 Å². The van der Waals surface area contributed by atoms with Crippen molar-refractivity contribution in [3.05, 3.63) is 59.0 Å². The zero-order chi connectivity index (χ0) is 17.1. The highest BCUT2D eigenvalue weighted by Crippen LogP contribution is 2.38. The van der Waals surface area contributed by atoms with E-state index in [-0.39, 0.29) is 11.3 Å². The fourth-order valence-electron chi connectivity index (χ4n) is 2.36. The van der Waals surface area contributed by atoms with Crippen molar-refractivity contribution in [2.45, 2.75) is 30.7 Å². The molecule has 1 aliphatic rings. The maximum absolute atomic E-state index is 12.3. The lowest BCUT2D eigenvalue weighted by Crippen LogP contribution is -2.35. The van der Waals surface area contributed by atoms with Gasteiger partial charge in [-0.05, 0) is 25.0 Å². The van der Waals surface area contributed by atoms with Crippen molar-refractivity contribution >= 4 is 27.6 Å². The van der Waals surface area contributed by atoms with Gasteiger partial charge in [0.2, 0.25) is 10.0 Å². The van der Waals surface area contributed by atoms with Gasteiger partial charge in [0, 0.05) is 6.04 Å². The number of allylic oxidation sites excluding steroid dienone is 3. The van der Waals surface area contributed by atoms with Crippen molar-refractivity contribution in [1.82, 2.24) is 4.72 Å². The number of hydrogen-bond acceptors (Lipinski definition) is 3. The van der Waals surface area contributed by atoms with Crippen LogP contribution in [-0.4, -0.2) is 25.5 Å². The van der Waals surface area contributed by atoms with E-state index in [0.29, 0.717) is 6.42 Å².